The molecule has 0 bridgehead atoms. The number of fused-ring (bicyclic) bond motifs is 1. The number of piperidine rings is 1. The summed E-state index contributed by atoms with van der Waals surface area (Å²) >= 11 is 0. The van der Waals surface area contributed by atoms with Crippen molar-refractivity contribution >= 4 is 17.0 Å². The van der Waals surface area contributed by atoms with Gasteiger partial charge in [0, 0.05) is 37.6 Å². The summed E-state index contributed by atoms with van der Waals surface area (Å²) < 4.78 is 20.4. The van der Waals surface area contributed by atoms with Crippen LogP contribution in [0.15, 0.2) is 36.8 Å². The molecule has 1 fully saturated rings. The number of nitrogens with zero attached hydrogens (tertiary/aromatic N) is 4. The molecular weight excluding hydrogens is 379 g/mol. The third kappa shape index (κ3) is 3.87. The molecule has 1 saturated heterocycles. The molecule has 5 N–H and O–H groups in total. The quantitative estimate of drug-likeness (QED) is 0.486. The monoisotopic (exact) mass is 402 g/mol. The minimum Gasteiger partial charge on any atom is -0.494 e. The van der Waals surface area contributed by atoms with Crippen LogP contribution in [0.1, 0.15) is 5.56 Å². The smallest absolute Gasteiger partial charge is 0.165 e. The summed E-state index contributed by atoms with van der Waals surface area (Å²) in [6.45, 7) is 1.20. The Morgan fingerprint density at radius 3 is 2.76 bits per heavy atom. The average molecular weight is 402 g/mol. The Balaban J connectivity index is 1.62. The Bertz CT molecular complexity index is 1000. The molecular formula is C19H23FN6O3. The summed E-state index contributed by atoms with van der Waals surface area (Å²) in [5, 5.41) is 27.6. The van der Waals surface area contributed by atoms with Gasteiger partial charge in [-0.2, -0.15) is 5.10 Å². The van der Waals surface area contributed by atoms with Crippen LogP contribution in [0.5, 0.6) is 5.75 Å². The van der Waals surface area contributed by atoms with Crippen LogP contribution in [-0.2, 0) is 6.54 Å². The maximum absolute atomic E-state index is 13.7. The molecule has 1 aliphatic rings. The Morgan fingerprint density at radius 1 is 1.28 bits per heavy atom. The Morgan fingerprint density at radius 2 is 2.03 bits per heavy atom. The van der Waals surface area contributed by atoms with E-state index in [4.69, 9.17) is 10.5 Å². The lowest BCUT2D eigenvalue weighted by atomic mass is 9.99. The zero-order chi connectivity index (χ0) is 20.5. The van der Waals surface area contributed by atoms with Gasteiger partial charge in [0.25, 0.3) is 0 Å². The van der Waals surface area contributed by atoms with Crippen molar-refractivity contribution < 1.29 is 19.3 Å². The van der Waals surface area contributed by atoms with E-state index in [1.54, 1.807) is 16.6 Å². The van der Waals surface area contributed by atoms with Crippen LogP contribution in [0.2, 0.25) is 0 Å². The maximum Gasteiger partial charge on any atom is 0.165 e. The molecule has 4 rings (SSSR count). The van der Waals surface area contributed by atoms with Crippen LogP contribution in [0.25, 0.3) is 5.52 Å². The summed E-state index contributed by atoms with van der Waals surface area (Å²) in [6.07, 6.45) is 1.64. The molecule has 0 unspecified atom stereocenters. The van der Waals surface area contributed by atoms with Gasteiger partial charge in [0.2, 0.25) is 0 Å². The first-order valence-corrected chi connectivity index (χ1v) is 9.22. The first-order valence-electron chi connectivity index (χ1n) is 9.22. The molecule has 29 heavy (non-hydrogen) atoms. The summed E-state index contributed by atoms with van der Waals surface area (Å²) in [6, 6.07) is 5.73. The minimum absolute atomic E-state index is 0.128. The minimum atomic E-state index is -0.798. The molecule has 2 atom stereocenters. The van der Waals surface area contributed by atoms with E-state index in [2.05, 4.69) is 15.4 Å². The number of aromatic nitrogens is 3. The first-order chi connectivity index (χ1) is 14.0. The van der Waals surface area contributed by atoms with Crippen LogP contribution in [0, 0.1) is 5.82 Å². The summed E-state index contributed by atoms with van der Waals surface area (Å²) in [7, 11) is 1.41. The van der Waals surface area contributed by atoms with Gasteiger partial charge in [-0.05, 0) is 23.8 Å². The highest BCUT2D eigenvalue weighted by Gasteiger charge is 2.32. The highest BCUT2D eigenvalue weighted by atomic mass is 19.1. The van der Waals surface area contributed by atoms with Crippen LogP contribution in [0.3, 0.4) is 0 Å². The molecule has 3 heterocycles. The van der Waals surface area contributed by atoms with Gasteiger partial charge in [-0.15, -0.1) is 0 Å². The Labute approximate surface area is 166 Å². The van der Waals surface area contributed by atoms with Crippen LogP contribution >= 0.6 is 0 Å². The molecule has 154 valence electrons. The fraction of sp³-hybridized carbons (Fsp3) is 0.368. The average Bonchev–Trinajstić information content (AvgIpc) is 3.11. The number of rotatable bonds is 5. The maximum atomic E-state index is 13.7. The van der Waals surface area contributed by atoms with Crippen LogP contribution in [-0.4, -0.2) is 68.2 Å². The molecule has 1 aliphatic heterocycles. The van der Waals surface area contributed by atoms with Gasteiger partial charge in [0.1, 0.15) is 11.8 Å². The number of benzene rings is 1. The van der Waals surface area contributed by atoms with Crippen molar-refractivity contribution in [3.05, 3.63) is 48.2 Å². The van der Waals surface area contributed by atoms with Crippen molar-refractivity contribution in [3.63, 3.8) is 0 Å². The standard InChI is InChI=1S/C19H23FN6O3/c1-29-16-6-12(2-3-13(16)20)24-19-18-11(4-5-26(18)23-10-22-19)7-25-8-14(27)17(21)15(28)9-25/h2-6,10,14-15,17,27-28H,7-9,21H2,1H3,(H,22,23,24)/t14-,15-/m0/s1. The van der Waals surface area contributed by atoms with Gasteiger partial charge in [0.15, 0.2) is 17.4 Å². The predicted octanol–water partition coefficient (Wildman–Crippen LogP) is 0.485. The van der Waals surface area contributed by atoms with E-state index in [9.17, 15) is 14.6 Å². The van der Waals surface area contributed by atoms with Crippen molar-refractivity contribution in [3.8, 4) is 5.75 Å². The van der Waals surface area contributed by atoms with Gasteiger partial charge in [-0.1, -0.05) is 0 Å². The molecule has 10 heteroatoms. The second kappa shape index (κ2) is 7.91. The van der Waals surface area contributed by atoms with Crippen molar-refractivity contribution in [2.45, 2.75) is 24.8 Å². The van der Waals surface area contributed by atoms with E-state index in [0.29, 0.717) is 31.1 Å². The number of β-amino-alcohol motifs (C(OH)–C–C–N with tert-alkyl or cyclic N) is 2. The van der Waals surface area contributed by atoms with E-state index in [-0.39, 0.29) is 5.75 Å². The summed E-state index contributed by atoms with van der Waals surface area (Å²) in [5.74, 6) is 0.224. The number of anilines is 2. The second-order valence-corrected chi connectivity index (χ2v) is 7.12. The number of aliphatic hydroxyl groups is 2. The fourth-order valence-electron chi connectivity index (χ4n) is 3.59. The first kappa shape index (κ1) is 19.5. The highest BCUT2D eigenvalue weighted by Crippen LogP contribution is 2.27. The van der Waals surface area contributed by atoms with Crippen molar-refractivity contribution in [1.82, 2.24) is 19.5 Å². The highest BCUT2D eigenvalue weighted by molar-refractivity contribution is 5.76. The number of halogens is 1. The number of hydrogen-bond donors (Lipinski definition) is 4. The number of likely N-dealkylation sites (tertiary alicyclic amines) is 1. The number of methoxy groups -OCH3 is 1. The van der Waals surface area contributed by atoms with Crippen LogP contribution in [0.4, 0.5) is 15.9 Å². The molecule has 0 amide bonds. The van der Waals surface area contributed by atoms with E-state index in [1.807, 2.05) is 17.2 Å². The molecule has 0 radical (unpaired) electrons. The SMILES string of the molecule is COc1cc(Nc2ncnn3ccc(CN4C[C@H](O)C(N)[C@@H](O)C4)c23)ccc1F. The topological polar surface area (TPSA) is 121 Å². The van der Waals surface area contributed by atoms with E-state index in [1.165, 1.54) is 19.5 Å². The van der Waals surface area contributed by atoms with E-state index in [0.717, 1.165) is 11.1 Å². The van der Waals surface area contributed by atoms with E-state index < -0.39 is 24.1 Å². The zero-order valence-electron chi connectivity index (χ0n) is 15.9. The molecule has 3 aromatic rings. The van der Waals surface area contributed by atoms with Crippen LogP contribution < -0.4 is 15.8 Å². The molecule has 9 nitrogen and oxygen atoms in total. The lowest BCUT2D eigenvalue weighted by Crippen LogP contribution is -2.58. The largest absolute Gasteiger partial charge is 0.494 e. The molecule has 0 spiro atoms. The molecule has 0 aliphatic carbocycles. The van der Waals surface area contributed by atoms with Crippen molar-refractivity contribution in [1.29, 1.82) is 0 Å². The normalized spacial score (nSPS) is 20.9. The van der Waals surface area contributed by atoms with Gasteiger partial charge in [-0.3, -0.25) is 4.90 Å². The molecule has 0 saturated carbocycles. The lowest BCUT2D eigenvalue weighted by Gasteiger charge is -2.37. The fourth-order valence-corrected chi connectivity index (χ4v) is 3.59. The molecule has 1 aromatic carbocycles. The zero-order valence-corrected chi connectivity index (χ0v) is 15.9. The summed E-state index contributed by atoms with van der Waals surface area (Å²) in [4.78, 5) is 6.27. The lowest BCUT2D eigenvalue weighted by molar-refractivity contribution is -0.0289. The summed E-state index contributed by atoms with van der Waals surface area (Å²) in [5.41, 5.74) is 8.07. The van der Waals surface area contributed by atoms with E-state index >= 15 is 0 Å². The Kier molecular flexibility index (Phi) is 5.33. The van der Waals surface area contributed by atoms with Gasteiger partial charge >= 0.3 is 0 Å². The number of nitrogens with two attached hydrogens (primary N) is 1. The molecule has 2 aromatic heterocycles. The van der Waals surface area contributed by atoms with Gasteiger partial charge in [-0.25, -0.2) is 13.9 Å². The van der Waals surface area contributed by atoms with Gasteiger partial charge < -0.3 is 26.0 Å². The number of ether oxygens (including phenoxy) is 1. The third-order valence-corrected chi connectivity index (χ3v) is 5.12. The number of nitrogens with one attached hydrogen (secondary N) is 1. The predicted molar refractivity (Wildman–Crippen MR) is 104 cm³/mol. The van der Waals surface area contributed by atoms with Crippen molar-refractivity contribution in [2.75, 3.05) is 25.5 Å². The third-order valence-electron chi connectivity index (χ3n) is 5.12. The second-order valence-electron chi connectivity index (χ2n) is 7.12. The van der Waals surface area contributed by atoms with Crippen molar-refractivity contribution in [2.24, 2.45) is 5.73 Å². The number of aliphatic hydroxyl groups excluding tert-OH is 2. The van der Waals surface area contributed by atoms with Gasteiger partial charge in [0.05, 0.1) is 25.4 Å². The number of hydrogen-bond acceptors (Lipinski definition) is 8. The Hall–Kier alpha value is -2.79.